The maximum atomic E-state index is 8.81. The number of likely N-dealkylation sites (tertiary alicyclic amines) is 1. The molecule has 2 saturated carbocycles. The van der Waals surface area contributed by atoms with E-state index in [0.717, 1.165) is 29.6 Å². The highest BCUT2D eigenvalue weighted by Gasteiger charge is 2.60. The van der Waals surface area contributed by atoms with Crippen molar-refractivity contribution in [2.75, 3.05) is 13.6 Å². The Labute approximate surface area is 153 Å². The fourth-order valence-electron chi connectivity index (χ4n) is 4.46. The summed E-state index contributed by atoms with van der Waals surface area (Å²) in [7, 11) is 2.32. The van der Waals surface area contributed by atoms with Gasteiger partial charge in [0, 0.05) is 12.6 Å². The molecule has 0 N–H and O–H groups in total. The number of carbonyl (C=O) groups excluding carboxylic acids is 1. The van der Waals surface area contributed by atoms with Gasteiger partial charge in [0.15, 0.2) is 0 Å². The van der Waals surface area contributed by atoms with E-state index in [4.69, 9.17) is 4.79 Å². The predicted octanol–water partition coefficient (Wildman–Crippen LogP) is 6.58. The summed E-state index contributed by atoms with van der Waals surface area (Å²) in [6.45, 7) is 17.3. The van der Waals surface area contributed by atoms with Gasteiger partial charge in [-0.2, -0.15) is 0 Å². The number of aldehydes is 1. The van der Waals surface area contributed by atoms with Gasteiger partial charge in [0.05, 0.1) is 0 Å². The number of hydrogen-bond donors (Lipinski definition) is 0. The second-order valence-electron chi connectivity index (χ2n) is 6.78. The third-order valence-electron chi connectivity index (χ3n) is 5.49. The van der Waals surface area contributed by atoms with Crippen molar-refractivity contribution < 1.29 is 4.79 Å². The molecule has 146 valence electrons. The number of rotatable bonds is 1. The second kappa shape index (κ2) is 14.9. The molecular weight excluding hydrogens is 294 g/mol. The van der Waals surface area contributed by atoms with E-state index in [9.17, 15) is 0 Å². The third kappa shape index (κ3) is 7.68. The number of nitrogens with zero attached hydrogens (tertiary/aromatic N) is 1. The molecule has 3 atom stereocenters. The van der Waals surface area contributed by atoms with Crippen LogP contribution in [0.1, 0.15) is 100 Å². The van der Waals surface area contributed by atoms with Gasteiger partial charge in [-0.05, 0) is 51.0 Å². The average molecular weight is 342 g/mol. The van der Waals surface area contributed by atoms with Crippen LogP contribution in [0.4, 0.5) is 0 Å². The van der Waals surface area contributed by atoms with Gasteiger partial charge in [-0.3, -0.25) is 0 Å². The lowest BCUT2D eigenvalue weighted by atomic mass is 9.82. The van der Waals surface area contributed by atoms with Crippen LogP contribution in [0.25, 0.3) is 0 Å². The molecule has 3 fully saturated rings. The van der Waals surface area contributed by atoms with E-state index in [1.165, 1.54) is 39.2 Å². The second-order valence-corrected chi connectivity index (χ2v) is 6.78. The summed E-state index contributed by atoms with van der Waals surface area (Å²) in [6, 6.07) is 0.846. The Balaban J connectivity index is 0. The van der Waals surface area contributed by atoms with E-state index in [1.807, 2.05) is 41.5 Å². The van der Waals surface area contributed by atoms with Crippen LogP contribution in [0, 0.1) is 17.3 Å². The highest BCUT2D eigenvalue weighted by Crippen LogP contribution is 2.64. The molecule has 1 saturated heterocycles. The van der Waals surface area contributed by atoms with Gasteiger partial charge in [0.25, 0.3) is 0 Å². The van der Waals surface area contributed by atoms with Gasteiger partial charge in [0.2, 0.25) is 0 Å². The molecule has 2 heteroatoms. The topological polar surface area (TPSA) is 20.3 Å². The molecule has 1 aliphatic heterocycles. The van der Waals surface area contributed by atoms with E-state index in [2.05, 4.69) is 18.9 Å². The SMILES string of the molecule is CC.CC.CC.CC1C[C@]2(CC2C2CCCCC2)CN1C.CC=O. The van der Waals surface area contributed by atoms with Gasteiger partial charge >= 0.3 is 0 Å². The maximum absolute atomic E-state index is 8.81. The molecule has 2 aliphatic carbocycles. The standard InChI is InChI=1S/C14H25N.C2H4O.3C2H6/c1-11-8-14(10-15(11)2)9-13(14)12-6-4-3-5-7-12;1-2-3;3*1-2/h11-13H,3-10H2,1-2H3;2H,1H3;3*1-2H3/t11?,13?,14-;;;;/m0..../s1. The van der Waals surface area contributed by atoms with Gasteiger partial charge in [0.1, 0.15) is 6.29 Å². The maximum Gasteiger partial charge on any atom is 0.116 e. The molecule has 2 nitrogen and oxygen atoms in total. The van der Waals surface area contributed by atoms with Crippen molar-refractivity contribution in [3.05, 3.63) is 0 Å². The lowest BCUT2D eigenvalue weighted by molar-refractivity contribution is -0.106. The van der Waals surface area contributed by atoms with Crippen LogP contribution in [0.2, 0.25) is 0 Å². The van der Waals surface area contributed by atoms with Crippen LogP contribution in [0.15, 0.2) is 0 Å². The van der Waals surface area contributed by atoms with E-state index in [1.54, 1.807) is 19.3 Å². The van der Waals surface area contributed by atoms with Crippen molar-refractivity contribution in [3.63, 3.8) is 0 Å². The van der Waals surface area contributed by atoms with Crippen molar-refractivity contribution in [2.45, 2.75) is 106 Å². The fraction of sp³-hybridized carbons (Fsp3) is 0.955. The lowest BCUT2D eigenvalue weighted by Gasteiger charge is -2.23. The molecule has 3 rings (SSSR count). The van der Waals surface area contributed by atoms with Crippen LogP contribution in [-0.4, -0.2) is 30.8 Å². The summed E-state index contributed by atoms with van der Waals surface area (Å²) in [5, 5.41) is 0. The minimum Gasteiger partial charge on any atom is -0.304 e. The van der Waals surface area contributed by atoms with Crippen molar-refractivity contribution in [3.8, 4) is 0 Å². The van der Waals surface area contributed by atoms with Crippen molar-refractivity contribution >= 4 is 6.29 Å². The van der Waals surface area contributed by atoms with Gasteiger partial charge in [-0.15, -0.1) is 0 Å². The van der Waals surface area contributed by atoms with E-state index < -0.39 is 0 Å². The Morgan fingerprint density at radius 2 is 1.38 bits per heavy atom. The zero-order valence-electron chi connectivity index (χ0n) is 18.3. The van der Waals surface area contributed by atoms with Crippen LogP contribution >= 0.6 is 0 Å². The highest BCUT2D eigenvalue weighted by atomic mass is 16.1. The van der Waals surface area contributed by atoms with Crippen LogP contribution < -0.4 is 0 Å². The zero-order chi connectivity index (χ0) is 19.2. The molecule has 0 radical (unpaired) electrons. The fourth-order valence-corrected chi connectivity index (χ4v) is 4.46. The third-order valence-corrected chi connectivity index (χ3v) is 5.49. The van der Waals surface area contributed by atoms with Crippen LogP contribution in [-0.2, 0) is 4.79 Å². The molecular formula is C22H47NO. The Hall–Kier alpha value is -0.370. The summed E-state index contributed by atoms with van der Waals surface area (Å²) in [5.41, 5.74) is 0.788. The first-order valence-corrected chi connectivity index (χ1v) is 10.7. The summed E-state index contributed by atoms with van der Waals surface area (Å²) in [5.74, 6) is 2.22. The average Bonchev–Trinajstić information content (AvgIpc) is 3.26. The summed E-state index contributed by atoms with van der Waals surface area (Å²) in [6.07, 6.45) is 11.4. The van der Waals surface area contributed by atoms with E-state index in [0.29, 0.717) is 0 Å². The highest BCUT2D eigenvalue weighted by molar-refractivity contribution is 5.44. The van der Waals surface area contributed by atoms with Crippen LogP contribution in [0.3, 0.4) is 0 Å². The number of carbonyl (C=O) groups is 1. The molecule has 0 amide bonds. The van der Waals surface area contributed by atoms with Gasteiger partial charge in [-0.1, -0.05) is 73.6 Å². The summed E-state index contributed by atoms with van der Waals surface area (Å²) < 4.78 is 0. The summed E-state index contributed by atoms with van der Waals surface area (Å²) in [4.78, 5) is 11.4. The number of hydrogen-bond acceptors (Lipinski definition) is 2. The zero-order valence-corrected chi connectivity index (χ0v) is 18.3. The van der Waals surface area contributed by atoms with Crippen molar-refractivity contribution in [2.24, 2.45) is 17.3 Å². The first kappa shape index (κ1) is 25.9. The van der Waals surface area contributed by atoms with Gasteiger partial charge in [-0.25, -0.2) is 0 Å². The molecule has 3 aliphatic rings. The normalized spacial score (nSPS) is 31.0. The minimum absolute atomic E-state index is 0.750. The van der Waals surface area contributed by atoms with Crippen molar-refractivity contribution in [1.82, 2.24) is 4.90 Å². The van der Waals surface area contributed by atoms with Gasteiger partial charge < -0.3 is 9.69 Å². The molecule has 0 aromatic carbocycles. The van der Waals surface area contributed by atoms with E-state index >= 15 is 0 Å². The molecule has 24 heavy (non-hydrogen) atoms. The quantitative estimate of drug-likeness (QED) is 0.502. The van der Waals surface area contributed by atoms with Crippen molar-refractivity contribution in [1.29, 1.82) is 0 Å². The first-order chi connectivity index (χ1) is 11.6. The van der Waals surface area contributed by atoms with Crippen LogP contribution in [0.5, 0.6) is 0 Å². The largest absolute Gasteiger partial charge is 0.304 e. The first-order valence-electron chi connectivity index (χ1n) is 10.7. The lowest BCUT2D eigenvalue weighted by Crippen LogP contribution is -2.22. The summed E-state index contributed by atoms with van der Waals surface area (Å²) >= 11 is 0. The Bertz CT molecular complexity index is 274. The Morgan fingerprint density at radius 3 is 1.75 bits per heavy atom. The Kier molecular flexibility index (Phi) is 16.1. The molecule has 0 aromatic heterocycles. The Morgan fingerprint density at radius 1 is 0.917 bits per heavy atom. The van der Waals surface area contributed by atoms with E-state index in [-0.39, 0.29) is 0 Å². The monoisotopic (exact) mass is 341 g/mol. The molecule has 1 spiro atoms. The molecule has 1 heterocycles. The molecule has 0 aromatic rings. The molecule has 0 bridgehead atoms. The predicted molar refractivity (Wildman–Crippen MR) is 110 cm³/mol. The smallest absolute Gasteiger partial charge is 0.116 e. The molecule has 2 unspecified atom stereocenters. The minimum atomic E-state index is 0.750.